The van der Waals surface area contributed by atoms with Gasteiger partial charge in [0.1, 0.15) is 11.5 Å². The summed E-state index contributed by atoms with van der Waals surface area (Å²) in [4.78, 5) is 32.3. The second-order valence-corrected chi connectivity index (χ2v) is 10.7. The number of fused-ring (bicyclic) bond motifs is 2. The maximum atomic E-state index is 14.0. The number of hydrogen-bond donors (Lipinski definition) is 0. The maximum Gasteiger partial charge on any atom is 0.338 e. The zero-order chi connectivity index (χ0) is 27.7. The standard InChI is InChI=1S/C30H27BrN2O5S/c1-5-37-23-13-11-18(20-9-7-8-10-21(20)23)16-25-28(34)33-27(19-12-14-24(36-4)22(31)15-19)26(29(35)38-6-2)17(3)32-30(33)39-25/h7-16,27H,5-6H2,1-4H3/b25-16+/t27-/m1/s1. The van der Waals surface area contributed by atoms with Crippen LogP contribution in [0.1, 0.15) is 37.9 Å². The first-order valence-corrected chi connectivity index (χ1v) is 14.2. The molecule has 200 valence electrons. The predicted octanol–water partition coefficient (Wildman–Crippen LogP) is 5.12. The lowest BCUT2D eigenvalue weighted by Gasteiger charge is -2.25. The van der Waals surface area contributed by atoms with E-state index in [1.54, 1.807) is 31.6 Å². The van der Waals surface area contributed by atoms with Crippen LogP contribution >= 0.6 is 27.3 Å². The van der Waals surface area contributed by atoms with Gasteiger partial charge in [-0.25, -0.2) is 9.79 Å². The van der Waals surface area contributed by atoms with E-state index in [0.717, 1.165) is 27.6 Å². The topological polar surface area (TPSA) is 79.1 Å². The largest absolute Gasteiger partial charge is 0.496 e. The molecule has 3 aromatic carbocycles. The number of allylic oxidation sites excluding steroid dienone is 1. The van der Waals surface area contributed by atoms with Gasteiger partial charge < -0.3 is 14.2 Å². The summed E-state index contributed by atoms with van der Waals surface area (Å²) in [6, 6.07) is 16.6. The van der Waals surface area contributed by atoms with Crippen molar-refractivity contribution in [2.24, 2.45) is 4.99 Å². The van der Waals surface area contributed by atoms with Crippen LogP contribution in [0, 0.1) is 0 Å². The SMILES string of the molecule is CCOC(=O)C1=C(C)N=c2s/c(=C/c3ccc(OCC)c4ccccc34)c(=O)n2[C@@H]1c1ccc(OC)c(Br)c1. The number of nitrogens with zero attached hydrogens (tertiary/aromatic N) is 2. The van der Waals surface area contributed by atoms with Crippen molar-refractivity contribution in [1.82, 2.24) is 4.57 Å². The van der Waals surface area contributed by atoms with Crippen LogP contribution in [0.2, 0.25) is 0 Å². The van der Waals surface area contributed by atoms with Crippen molar-refractivity contribution in [3.8, 4) is 11.5 Å². The lowest BCUT2D eigenvalue weighted by atomic mass is 9.96. The van der Waals surface area contributed by atoms with E-state index >= 15 is 0 Å². The zero-order valence-electron chi connectivity index (χ0n) is 22.0. The summed E-state index contributed by atoms with van der Waals surface area (Å²) in [6.45, 7) is 6.25. The molecule has 0 unspecified atom stereocenters. The van der Waals surface area contributed by atoms with Crippen molar-refractivity contribution in [1.29, 1.82) is 0 Å². The Balaban J connectivity index is 1.74. The highest BCUT2D eigenvalue weighted by Gasteiger charge is 2.33. The number of esters is 1. The van der Waals surface area contributed by atoms with E-state index < -0.39 is 12.0 Å². The molecule has 2 heterocycles. The van der Waals surface area contributed by atoms with Gasteiger partial charge in [0.25, 0.3) is 5.56 Å². The Hall–Kier alpha value is -3.69. The summed E-state index contributed by atoms with van der Waals surface area (Å²) in [5.41, 5.74) is 2.25. The number of aromatic nitrogens is 1. The minimum atomic E-state index is -0.707. The molecule has 9 heteroatoms. The molecule has 0 amide bonds. The van der Waals surface area contributed by atoms with Crippen LogP contribution in [0.25, 0.3) is 16.8 Å². The number of carbonyl (C=O) groups is 1. The summed E-state index contributed by atoms with van der Waals surface area (Å²) in [7, 11) is 1.58. The fourth-order valence-electron chi connectivity index (χ4n) is 4.80. The molecule has 0 spiro atoms. The minimum Gasteiger partial charge on any atom is -0.496 e. The van der Waals surface area contributed by atoms with Gasteiger partial charge in [0.2, 0.25) is 0 Å². The predicted molar refractivity (Wildman–Crippen MR) is 156 cm³/mol. The van der Waals surface area contributed by atoms with E-state index in [0.29, 0.717) is 37.4 Å². The first-order chi connectivity index (χ1) is 18.9. The van der Waals surface area contributed by atoms with E-state index in [1.165, 1.54) is 11.3 Å². The first-order valence-electron chi connectivity index (χ1n) is 12.6. The molecule has 0 radical (unpaired) electrons. The molecule has 1 aromatic heterocycles. The third-order valence-corrected chi connectivity index (χ3v) is 8.12. The second kappa shape index (κ2) is 11.2. The number of benzene rings is 3. The Morgan fingerprint density at radius 2 is 1.82 bits per heavy atom. The van der Waals surface area contributed by atoms with Crippen LogP contribution in [-0.2, 0) is 9.53 Å². The number of thiazole rings is 1. The van der Waals surface area contributed by atoms with Gasteiger partial charge in [0, 0.05) is 5.39 Å². The fraction of sp³-hybridized carbons (Fsp3) is 0.233. The quantitative estimate of drug-likeness (QED) is 0.273. The van der Waals surface area contributed by atoms with E-state index in [2.05, 4.69) is 20.9 Å². The van der Waals surface area contributed by atoms with Crippen LogP contribution in [0.5, 0.6) is 11.5 Å². The number of hydrogen-bond acceptors (Lipinski definition) is 7. The average molecular weight is 608 g/mol. The Morgan fingerprint density at radius 1 is 1.08 bits per heavy atom. The highest BCUT2D eigenvalue weighted by Crippen LogP contribution is 2.35. The molecule has 5 rings (SSSR count). The molecule has 0 bridgehead atoms. The minimum absolute atomic E-state index is 0.212. The molecule has 0 saturated carbocycles. The first kappa shape index (κ1) is 26.9. The van der Waals surface area contributed by atoms with Crippen LogP contribution < -0.4 is 24.4 Å². The van der Waals surface area contributed by atoms with Gasteiger partial charge in [-0.3, -0.25) is 9.36 Å². The number of carbonyl (C=O) groups excluding carboxylic acids is 1. The van der Waals surface area contributed by atoms with Crippen LogP contribution in [0.3, 0.4) is 0 Å². The fourth-order valence-corrected chi connectivity index (χ4v) is 6.40. The van der Waals surface area contributed by atoms with Crippen molar-refractivity contribution in [2.75, 3.05) is 20.3 Å². The highest BCUT2D eigenvalue weighted by molar-refractivity contribution is 9.10. The average Bonchev–Trinajstić information content (AvgIpc) is 3.23. The van der Waals surface area contributed by atoms with Gasteiger partial charge in [-0.05, 0) is 77.5 Å². The number of halogens is 1. The molecule has 4 aromatic rings. The summed E-state index contributed by atoms with van der Waals surface area (Å²) in [6.07, 6.45) is 1.88. The van der Waals surface area contributed by atoms with E-state index in [9.17, 15) is 9.59 Å². The van der Waals surface area contributed by atoms with Crippen molar-refractivity contribution in [3.05, 3.63) is 101 Å². The summed E-state index contributed by atoms with van der Waals surface area (Å²) in [5.74, 6) is 0.945. The van der Waals surface area contributed by atoms with E-state index in [4.69, 9.17) is 14.2 Å². The molecule has 7 nitrogen and oxygen atoms in total. The van der Waals surface area contributed by atoms with Gasteiger partial charge in [0.15, 0.2) is 4.80 Å². The number of methoxy groups -OCH3 is 1. The van der Waals surface area contributed by atoms with Crippen LogP contribution in [0.4, 0.5) is 0 Å². The summed E-state index contributed by atoms with van der Waals surface area (Å²) < 4.78 is 19.4. The molecule has 0 aliphatic carbocycles. The number of rotatable bonds is 7. The second-order valence-electron chi connectivity index (χ2n) is 8.83. The third-order valence-electron chi connectivity index (χ3n) is 6.51. The van der Waals surface area contributed by atoms with E-state index in [1.807, 2.05) is 61.5 Å². The molecular weight excluding hydrogens is 580 g/mol. The molecule has 1 aliphatic heterocycles. The zero-order valence-corrected chi connectivity index (χ0v) is 24.4. The van der Waals surface area contributed by atoms with Crippen molar-refractivity contribution in [2.45, 2.75) is 26.8 Å². The number of ether oxygens (including phenoxy) is 3. The van der Waals surface area contributed by atoms with Gasteiger partial charge in [0.05, 0.1) is 46.6 Å². The van der Waals surface area contributed by atoms with Crippen molar-refractivity contribution < 1.29 is 19.0 Å². The van der Waals surface area contributed by atoms with Crippen molar-refractivity contribution in [3.63, 3.8) is 0 Å². The van der Waals surface area contributed by atoms with Gasteiger partial charge in [-0.1, -0.05) is 47.7 Å². The van der Waals surface area contributed by atoms with Gasteiger partial charge in [-0.15, -0.1) is 0 Å². The Bertz CT molecular complexity index is 1800. The monoisotopic (exact) mass is 606 g/mol. The van der Waals surface area contributed by atoms with Crippen LogP contribution in [0.15, 0.2) is 80.1 Å². The highest BCUT2D eigenvalue weighted by atomic mass is 79.9. The van der Waals surface area contributed by atoms with Crippen molar-refractivity contribution >= 4 is 50.1 Å². The third kappa shape index (κ3) is 4.92. The Labute approximate surface area is 237 Å². The molecule has 0 saturated heterocycles. The maximum absolute atomic E-state index is 14.0. The van der Waals surface area contributed by atoms with Crippen LogP contribution in [-0.4, -0.2) is 30.9 Å². The lowest BCUT2D eigenvalue weighted by molar-refractivity contribution is -0.139. The lowest BCUT2D eigenvalue weighted by Crippen LogP contribution is -2.40. The Morgan fingerprint density at radius 3 is 2.51 bits per heavy atom. The molecule has 39 heavy (non-hydrogen) atoms. The van der Waals surface area contributed by atoms with Gasteiger partial charge >= 0.3 is 5.97 Å². The molecule has 0 fully saturated rings. The normalized spacial score (nSPS) is 15.2. The van der Waals surface area contributed by atoms with Gasteiger partial charge in [-0.2, -0.15) is 0 Å². The smallest absolute Gasteiger partial charge is 0.338 e. The molecule has 0 N–H and O–H groups in total. The van der Waals surface area contributed by atoms with E-state index in [-0.39, 0.29) is 12.2 Å². The molecule has 1 aliphatic rings. The summed E-state index contributed by atoms with van der Waals surface area (Å²) in [5, 5.41) is 1.95. The molecule has 1 atom stereocenters. The molecular formula is C30H27BrN2O5S. The Kier molecular flexibility index (Phi) is 7.72. The summed E-state index contributed by atoms with van der Waals surface area (Å²) >= 11 is 4.84.